The van der Waals surface area contributed by atoms with Gasteiger partial charge in [-0.1, -0.05) is 0 Å². The van der Waals surface area contributed by atoms with Crippen LogP contribution in [0.15, 0.2) is 10.5 Å². The molecule has 1 N–H and O–H groups in total. The monoisotopic (exact) mass is 314 g/mol. The van der Waals surface area contributed by atoms with E-state index in [1.807, 2.05) is 13.0 Å². The van der Waals surface area contributed by atoms with Crippen LogP contribution in [0.4, 0.5) is 0 Å². The highest BCUT2D eigenvalue weighted by Crippen LogP contribution is 2.44. The summed E-state index contributed by atoms with van der Waals surface area (Å²) in [5.41, 5.74) is 1.13. The van der Waals surface area contributed by atoms with Gasteiger partial charge in [0, 0.05) is 0 Å². The SMILES string of the molecule is Cc1cc2c(c(Br)c1CC(C)(C)C(=O)O)OCO2. The number of hydrogen-bond acceptors (Lipinski definition) is 3. The molecular weight excluding hydrogens is 300 g/mol. The average Bonchev–Trinajstić information content (AvgIpc) is 2.72. The number of carboxylic acid groups (broad SMARTS) is 1. The minimum Gasteiger partial charge on any atom is -0.481 e. The molecule has 0 amide bonds. The minimum atomic E-state index is -0.818. The summed E-state index contributed by atoms with van der Waals surface area (Å²) in [7, 11) is 0. The lowest BCUT2D eigenvalue weighted by atomic mass is 9.84. The highest BCUT2D eigenvalue weighted by atomic mass is 79.9. The molecule has 1 aromatic rings. The van der Waals surface area contributed by atoms with Gasteiger partial charge < -0.3 is 14.6 Å². The summed E-state index contributed by atoms with van der Waals surface area (Å²) in [5, 5.41) is 9.21. The van der Waals surface area contributed by atoms with Crippen molar-refractivity contribution in [1.82, 2.24) is 0 Å². The fourth-order valence-electron chi connectivity index (χ4n) is 1.90. The number of hydrogen-bond donors (Lipinski definition) is 1. The summed E-state index contributed by atoms with van der Waals surface area (Å²) < 4.78 is 11.5. The first-order chi connectivity index (χ1) is 8.33. The number of carboxylic acids is 1. The molecule has 0 unspecified atom stereocenters. The van der Waals surface area contributed by atoms with Gasteiger partial charge in [0.25, 0.3) is 0 Å². The van der Waals surface area contributed by atoms with Crippen molar-refractivity contribution in [3.8, 4) is 11.5 Å². The zero-order chi connectivity index (χ0) is 13.5. The second-order valence-electron chi connectivity index (χ2n) is 5.09. The average molecular weight is 315 g/mol. The van der Waals surface area contributed by atoms with Crippen LogP contribution in [0.2, 0.25) is 0 Å². The molecule has 1 aromatic carbocycles. The minimum absolute atomic E-state index is 0.207. The molecule has 2 rings (SSSR count). The molecule has 0 saturated heterocycles. The van der Waals surface area contributed by atoms with Crippen molar-refractivity contribution < 1.29 is 19.4 Å². The van der Waals surface area contributed by atoms with Gasteiger partial charge in [-0.05, 0) is 60.3 Å². The Morgan fingerprint density at radius 2 is 2.17 bits per heavy atom. The summed E-state index contributed by atoms with van der Waals surface area (Å²) >= 11 is 3.49. The third kappa shape index (κ3) is 2.19. The maximum atomic E-state index is 11.2. The number of fused-ring (bicyclic) bond motifs is 1. The summed E-state index contributed by atoms with van der Waals surface area (Å²) in [5.74, 6) is 0.555. The van der Waals surface area contributed by atoms with E-state index < -0.39 is 11.4 Å². The molecule has 5 heteroatoms. The van der Waals surface area contributed by atoms with Gasteiger partial charge in [-0.15, -0.1) is 0 Å². The second-order valence-corrected chi connectivity index (χ2v) is 5.88. The van der Waals surface area contributed by atoms with E-state index in [1.54, 1.807) is 13.8 Å². The predicted molar refractivity (Wildman–Crippen MR) is 70.1 cm³/mol. The maximum absolute atomic E-state index is 11.2. The van der Waals surface area contributed by atoms with Crippen molar-refractivity contribution in [2.45, 2.75) is 27.2 Å². The Labute approximate surface area is 114 Å². The van der Waals surface area contributed by atoms with E-state index in [1.165, 1.54) is 0 Å². The van der Waals surface area contributed by atoms with Gasteiger partial charge in [-0.2, -0.15) is 0 Å². The summed E-state index contributed by atoms with van der Waals surface area (Å²) in [6.45, 7) is 5.58. The quantitative estimate of drug-likeness (QED) is 0.931. The fourth-order valence-corrected chi connectivity index (χ4v) is 2.66. The molecule has 1 heterocycles. The molecular formula is C13H15BrO4. The Morgan fingerprint density at radius 3 is 2.78 bits per heavy atom. The number of carbonyl (C=O) groups is 1. The van der Waals surface area contributed by atoms with Crippen LogP contribution >= 0.6 is 15.9 Å². The number of rotatable bonds is 3. The summed E-state index contributed by atoms with van der Waals surface area (Å²) in [6, 6.07) is 1.89. The number of halogens is 1. The van der Waals surface area contributed by atoms with Crippen LogP contribution in [0.25, 0.3) is 0 Å². The van der Waals surface area contributed by atoms with Gasteiger partial charge in [-0.25, -0.2) is 0 Å². The molecule has 0 aliphatic carbocycles. The molecule has 1 aliphatic rings. The van der Waals surface area contributed by atoms with Crippen LogP contribution in [0, 0.1) is 12.3 Å². The highest BCUT2D eigenvalue weighted by molar-refractivity contribution is 9.10. The van der Waals surface area contributed by atoms with Gasteiger partial charge in [0.2, 0.25) is 6.79 Å². The van der Waals surface area contributed by atoms with Crippen molar-refractivity contribution in [3.05, 3.63) is 21.7 Å². The lowest BCUT2D eigenvalue weighted by Crippen LogP contribution is -2.26. The van der Waals surface area contributed by atoms with Crippen molar-refractivity contribution in [3.63, 3.8) is 0 Å². The third-order valence-corrected chi connectivity index (χ3v) is 3.97. The summed E-state index contributed by atoms with van der Waals surface area (Å²) in [6.07, 6.45) is 0.436. The first kappa shape index (κ1) is 13.2. The lowest BCUT2D eigenvalue weighted by Gasteiger charge is -2.21. The van der Waals surface area contributed by atoms with E-state index in [0.29, 0.717) is 17.9 Å². The Bertz CT molecular complexity index is 508. The molecule has 0 aromatic heterocycles. The van der Waals surface area contributed by atoms with Crippen LogP contribution in [-0.2, 0) is 11.2 Å². The van der Waals surface area contributed by atoms with Crippen molar-refractivity contribution in [1.29, 1.82) is 0 Å². The van der Waals surface area contributed by atoms with Crippen molar-refractivity contribution >= 4 is 21.9 Å². The van der Waals surface area contributed by atoms with Crippen LogP contribution < -0.4 is 9.47 Å². The smallest absolute Gasteiger partial charge is 0.309 e. The number of aryl methyl sites for hydroxylation is 1. The number of aliphatic carboxylic acids is 1. The fraction of sp³-hybridized carbons (Fsp3) is 0.462. The first-order valence-electron chi connectivity index (χ1n) is 5.64. The van der Waals surface area contributed by atoms with Gasteiger partial charge in [0.1, 0.15) is 0 Å². The highest BCUT2D eigenvalue weighted by Gasteiger charge is 2.31. The van der Waals surface area contributed by atoms with Crippen molar-refractivity contribution in [2.24, 2.45) is 5.41 Å². The van der Waals surface area contributed by atoms with E-state index in [9.17, 15) is 9.90 Å². The van der Waals surface area contributed by atoms with Gasteiger partial charge in [-0.3, -0.25) is 4.79 Å². The molecule has 0 radical (unpaired) electrons. The van der Waals surface area contributed by atoms with E-state index in [-0.39, 0.29) is 6.79 Å². The largest absolute Gasteiger partial charge is 0.481 e. The van der Waals surface area contributed by atoms with Crippen LogP contribution in [0.1, 0.15) is 25.0 Å². The van der Waals surface area contributed by atoms with Crippen LogP contribution in [0.5, 0.6) is 11.5 Å². The molecule has 98 valence electrons. The van der Waals surface area contributed by atoms with Crippen LogP contribution in [-0.4, -0.2) is 17.9 Å². The Morgan fingerprint density at radius 1 is 1.50 bits per heavy atom. The van der Waals surface area contributed by atoms with Gasteiger partial charge in [0.05, 0.1) is 9.89 Å². The first-order valence-corrected chi connectivity index (χ1v) is 6.43. The maximum Gasteiger partial charge on any atom is 0.309 e. The molecule has 0 bridgehead atoms. The number of ether oxygens (including phenoxy) is 2. The molecule has 0 fully saturated rings. The Balaban J connectivity index is 2.43. The van der Waals surface area contributed by atoms with E-state index >= 15 is 0 Å². The van der Waals surface area contributed by atoms with Crippen molar-refractivity contribution in [2.75, 3.05) is 6.79 Å². The molecule has 18 heavy (non-hydrogen) atoms. The third-order valence-electron chi connectivity index (χ3n) is 3.13. The molecule has 4 nitrogen and oxygen atoms in total. The Kier molecular flexibility index (Phi) is 3.27. The normalized spacial score (nSPS) is 13.8. The lowest BCUT2D eigenvalue weighted by molar-refractivity contribution is -0.146. The molecule has 0 spiro atoms. The standard InChI is InChI=1S/C13H15BrO4/c1-7-4-9-11(18-6-17-9)10(14)8(7)5-13(2,3)12(15)16/h4H,5-6H2,1-3H3,(H,15,16). The predicted octanol–water partition coefficient (Wildman–Crippen LogP) is 3.14. The second kappa shape index (κ2) is 4.46. The van der Waals surface area contributed by atoms with Gasteiger partial charge in [0.15, 0.2) is 11.5 Å². The Hall–Kier alpha value is -1.23. The van der Waals surface area contributed by atoms with E-state index in [4.69, 9.17) is 9.47 Å². The molecule has 0 atom stereocenters. The zero-order valence-corrected chi connectivity index (χ0v) is 12.1. The van der Waals surface area contributed by atoms with Crippen LogP contribution in [0.3, 0.4) is 0 Å². The molecule has 1 aliphatic heterocycles. The van der Waals surface area contributed by atoms with Gasteiger partial charge >= 0.3 is 5.97 Å². The van der Waals surface area contributed by atoms with E-state index in [0.717, 1.165) is 15.6 Å². The number of benzene rings is 1. The zero-order valence-electron chi connectivity index (χ0n) is 10.5. The summed E-state index contributed by atoms with van der Waals surface area (Å²) in [4.78, 5) is 11.2. The molecule has 0 saturated carbocycles. The van der Waals surface area contributed by atoms with E-state index in [2.05, 4.69) is 15.9 Å². The topological polar surface area (TPSA) is 55.8 Å².